The van der Waals surface area contributed by atoms with Gasteiger partial charge < -0.3 is 10.4 Å². The van der Waals surface area contributed by atoms with E-state index in [1.54, 1.807) is 23.9 Å². The molecule has 1 rings (SSSR count). The molecule has 0 spiro atoms. The third-order valence-corrected chi connectivity index (χ3v) is 3.15. The Morgan fingerprint density at radius 2 is 2.21 bits per heavy atom. The Kier molecular flexibility index (Phi) is 7.06. The first kappa shape index (κ1) is 15.6. The van der Waals surface area contributed by atoms with Crippen LogP contribution in [-0.4, -0.2) is 34.7 Å². The number of phenolic OH excluding ortho intramolecular Hbond substituents is 1. The van der Waals surface area contributed by atoms with Gasteiger partial charge in [-0.05, 0) is 48.8 Å². The number of amides is 1. The number of aromatic hydroxyl groups is 1. The van der Waals surface area contributed by atoms with Gasteiger partial charge in [-0.2, -0.15) is 11.8 Å². The van der Waals surface area contributed by atoms with Crippen LogP contribution in [0.15, 0.2) is 24.3 Å². The van der Waals surface area contributed by atoms with E-state index in [1.807, 2.05) is 6.26 Å². The molecule has 0 radical (unpaired) electrons. The van der Waals surface area contributed by atoms with E-state index in [9.17, 15) is 9.90 Å². The lowest BCUT2D eigenvalue weighted by atomic mass is 10.2. The van der Waals surface area contributed by atoms with Gasteiger partial charge >= 0.3 is 0 Å². The summed E-state index contributed by atoms with van der Waals surface area (Å²) in [6, 6.07) is 6.09. The first-order valence-corrected chi connectivity index (χ1v) is 7.56. The molecule has 104 valence electrons. The molecule has 1 aromatic carbocycles. The molecular formula is C12H17N3O2S2. The average Bonchev–Trinajstić information content (AvgIpc) is 2.41. The Hall–Kier alpha value is -1.47. The number of benzene rings is 1. The van der Waals surface area contributed by atoms with Crippen LogP contribution in [0.1, 0.15) is 16.8 Å². The van der Waals surface area contributed by atoms with Gasteiger partial charge in [0.25, 0.3) is 5.91 Å². The minimum Gasteiger partial charge on any atom is -0.508 e. The van der Waals surface area contributed by atoms with Gasteiger partial charge in [0.1, 0.15) is 5.75 Å². The lowest BCUT2D eigenvalue weighted by Crippen LogP contribution is -2.47. The lowest BCUT2D eigenvalue weighted by Gasteiger charge is -2.11. The van der Waals surface area contributed by atoms with E-state index in [-0.39, 0.29) is 11.7 Å². The van der Waals surface area contributed by atoms with Crippen LogP contribution in [0.2, 0.25) is 0 Å². The smallest absolute Gasteiger partial charge is 0.269 e. The second kappa shape index (κ2) is 8.60. The van der Waals surface area contributed by atoms with Crippen molar-refractivity contribution in [1.29, 1.82) is 0 Å². The fraction of sp³-hybridized carbons (Fsp3) is 0.333. The normalized spacial score (nSPS) is 9.74. The largest absolute Gasteiger partial charge is 0.508 e. The first-order valence-electron chi connectivity index (χ1n) is 5.75. The number of phenols is 1. The predicted octanol–water partition coefficient (Wildman–Crippen LogP) is 1.25. The Morgan fingerprint density at radius 1 is 1.42 bits per heavy atom. The van der Waals surface area contributed by atoms with Gasteiger partial charge in [0.15, 0.2) is 5.11 Å². The minimum absolute atomic E-state index is 0.0467. The zero-order valence-electron chi connectivity index (χ0n) is 10.6. The Bertz CT molecular complexity index is 441. The Morgan fingerprint density at radius 3 is 2.89 bits per heavy atom. The SMILES string of the molecule is CSCCCNC(=S)NNC(=O)c1cccc(O)c1. The lowest BCUT2D eigenvalue weighted by molar-refractivity contribution is 0.0943. The van der Waals surface area contributed by atoms with Gasteiger partial charge in [0.05, 0.1) is 0 Å². The molecule has 1 amide bonds. The van der Waals surface area contributed by atoms with E-state index >= 15 is 0 Å². The molecule has 19 heavy (non-hydrogen) atoms. The molecule has 1 aromatic rings. The monoisotopic (exact) mass is 299 g/mol. The van der Waals surface area contributed by atoms with Crippen molar-refractivity contribution in [3.63, 3.8) is 0 Å². The van der Waals surface area contributed by atoms with Crippen LogP contribution in [0.4, 0.5) is 0 Å². The Balaban J connectivity index is 2.28. The summed E-state index contributed by atoms with van der Waals surface area (Å²) in [6.45, 7) is 0.759. The molecule has 0 aliphatic carbocycles. The summed E-state index contributed by atoms with van der Waals surface area (Å²) in [5, 5.41) is 12.6. The van der Waals surface area contributed by atoms with E-state index < -0.39 is 0 Å². The van der Waals surface area contributed by atoms with E-state index in [4.69, 9.17) is 12.2 Å². The number of thioether (sulfide) groups is 1. The highest BCUT2D eigenvalue weighted by molar-refractivity contribution is 7.98. The van der Waals surface area contributed by atoms with Crippen LogP contribution in [0.5, 0.6) is 5.75 Å². The fourth-order valence-electron chi connectivity index (χ4n) is 1.30. The summed E-state index contributed by atoms with van der Waals surface area (Å²) in [6.07, 6.45) is 3.05. The van der Waals surface area contributed by atoms with E-state index in [2.05, 4.69) is 16.2 Å². The van der Waals surface area contributed by atoms with Crippen molar-refractivity contribution in [2.45, 2.75) is 6.42 Å². The van der Waals surface area contributed by atoms with Crippen molar-refractivity contribution in [2.24, 2.45) is 0 Å². The van der Waals surface area contributed by atoms with Crippen molar-refractivity contribution in [2.75, 3.05) is 18.6 Å². The molecule has 0 unspecified atom stereocenters. The zero-order valence-corrected chi connectivity index (χ0v) is 12.2. The van der Waals surface area contributed by atoms with Crippen LogP contribution >= 0.6 is 24.0 Å². The summed E-state index contributed by atoms with van der Waals surface area (Å²) in [5.41, 5.74) is 5.43. The Labute approximate surface area is 122 Å². The number of hydrazine groups is 1. The van der Waals surface area contributed by atoms with Crippen LogP contribution < -0.4 is 16.2 Å². The predicted molar refractivity (Wildman–Crippen MR) is 82.3 cm³/mol. The maximum atomic E-state index is 11.7. The van der Waals surface area contributed by atoms with Crippen molar-refractivity contribution >= 4 is 35.0 Å². The topological polar surface area (TPSA) is 73.4 Å². The van der Waals surface area contributed by atoms with Gasteiger partial charge in [-0.1, -0.05) is 6.07 Å². The molecule has 4 N–H and O–H groups in total. The second-order valence-electron chi connectivity index (χ2n) is 3.73. The van der Waals surface area contributed by atoms with Crippen LogP contribution in [-0.2, 0) is 0 Å². The van der Waals surface area contributed by atoms with Crippen molar-refractivity contribution in [3.05, 3.63) is 29.8 Å². The molecule has 0 fully saturated rings. The van der Waals surface area contributed by atoms with Gasteiger partial charge in [-0.3, -0.25) is 15.6 Å². The molecule has 7 heteroatoms. The molecule has 0 aliphatic rings. The highest BCUT2D eigenvalue weighted by Gasteiger charge is 2.05. The van der Waals surface area contributed by atoms with Gasteiger partial charge in [0, 0.05) is 12.1 Å². The van der Waals surface area contributed by atoms with E-state index in [0.717, 1.165) is 18.7 Å². The molecule has 0 atom stereocenters. The number of carbonyl (C=O) groups is 1. The molecule has 0 aromatic heterocycles. The minimum atomic E-state index is -0.357. The van der Waals surface area contributed by atoms with Crippen LogP contribution in [0, 0.1) is 0 Å². The number of rotatable bonds is 5. The quantitative estimate of drug-likeness (QED) is 0.373. The second-order valence-corrected chi connectivity index (χ2v) is 5.13. The van der Waals surface area contributed by atoms with Gasteiger partial charge in [0.2, 0.25) is 0 Å². The fourth-order valence-corrected chi connectivity index (χ4v) is 1.88. The third kappa shape index (κ3) is 6.30. The molecule has 0 heterocycles. The zero-order chi connectivity index (χ0) is 14.1. The molecule has 0 saturated heterocycles. The summed E-state index contributed by atoms with van der Waals surface area (Å²) in [7, 11) is 0. The molecular weight excluding hydrogens is 282 g/mol. The number of carbonyl (C=O) groups excluding carboxylic acids is 1. The molecule has 5 nitrogen and oxygen atoms in total. The van der Waals surface area contributed by atoms with Crippen molar-refractivity contribution < 1.29 is 9.90 Å². The van der Waals surface area contributed by atoms with Crippen LogP contribution in [0.25, 0.3) is 0 Å². The molecule has 0 saturated carbocycles. The summed E-state index contributed by atoms with van der Waals surface area (Å²) >= 11 is 6.78. The van der Waals surface area contributed by atoms with Crippen molar-refractivity contribution in [1.82, 2.24) is 16.2 Å². The highest BCUT2D eigenvalue weighted by Crippen LogP contribution is 2.10. The summed E-state index contributed by atoms with van der Waals surface area (Å²) < 4.78 is 0. The van der Waals surface area contributed by atoms with Gasteiger partial charge in [-0.25, -0.2) is 0 Å². The van der Waals surface area contributed by atoms with E-state index in [0.29, 0.717) is 10.7 Å². The third-order valence-electron chi connectivity index (χ3n) is 2.21. The summed E-state index contributed by atoms with van der Waals surface area (Å²) in [4.78, 5) is 11.7. The molecule has 0 aliphatic heterocycles. The highest BCUT2D eigenvalue weighted by atomic mass is 32.2. The maximum absolute atomic E-state index is 11.7. The van der Waals surface area contributed by atoms with Gasteiger partial charge in [-0.15, -0.1) is 0 Å². The average molecular weight is 299 g/mol. The summed E-state index contributed by atoms with van der Waals surface area (Å²) in [5.74, 6) is 0.750. The standard InChI is InChI=1S/C12H17N3O2S2/c1-19-7-3-6-13-12(18)15-14-11(17)9-4-2-5-10(16)8-9/h2,4-5,8,16H,3,6-7H2,1H3,(H,14,17)(H2,13,15,18). The first-order chi connectivity index (χ1) is 9.13. The van der Waals surface area contributed by atoms with Crippen molar-refractivity contribution in [3.8, 4) is 5.75 Å². The molecule has 0 bridgehead atoms. The number of thiocarbonyl (C=S) groups is 1. The number of hydrogen-bond acceptors (Lipinski definition) is 4. The maximum Gasteiger partial charge on any atom is 0.269 e. The van der Waals surface area contributed by atoms with E-state index in [1.165, 1.54) is 12.1 Å². The van der Waals surface area contributed by atoms with Crippen LogP contribution in [0.3, 0.4) is 0 Å². The number of nitrogens with one attached hydrogen (secondary N) is 3. The number of hydrogen-bond donors (Lipinski definition) is 4.